The lowest BCUT2D eigenvalue weighted by Crippen LogP contribution is -2.41. The molecule has 1 saturated heterocycles. The maximum absolute atomic E-state index is 12.5. The Kier molecular flexibility index (Phi) is 4.43. The van der Waals surface area contributed by atoms with Crippen LogP contribution in [-0.4, -0.2) is 71.7 Å². The topological polar surface area (TPSA) is 84.7 Å². The monoisotopic (exact) mass is 342 g/mol. The Balaban J connectivity index is 1.84. The van der Waals surface area contributed by atoms with Gasteiger partial charge in [-0.05, 0) is 13.8 Å². The molecule has 8 nitrogen and oxygen atoms in total. The summed E-state index contributed by atoms with van der Waals surface area (Å²) in [6, 6.07) is -0.361. The fourth-order valence-electron chi connectivity index (χ4n) is 3.05. The molecule has 0 spiro atoms. The Morgan fingerprint density at radius 1 is 1.30 bits per heavy atom. The van der Waals surface area contributed by atoms with E-state index in [1.54, 1.807) is 18.0 Å². The zero-order chi connectivity index (χ0) is 16.6. The van der Waals surface area contributed by atoms with Gasteiger partial charge in [0.1, 0.15) is 11.5 Å². The Morgan fingerprint density at radius 2 is 2.00 bits per heavy atom. The number of carbonyl (C=O) groups is 1. The third-order valence-electron chi connectivity index (χ3n) is 4.41. The number of hydrogen-bond acceptors (Lipinski definition) is 5. The highest BCUT2D eigenvalue weighted by Crippen LogP contribution is 2.27. The number of ether oxygens (including phenoxy) is 1. The van der Waals surface area contributed by atoms with Crippen molar-refractivity contribution in [1.29, 1.82) is 0 Å². The summed E-state index contributed by atoms with van der Waals surface area (Å²) in [6.45, 7) is 6.58. The maximum Gasteiger partial charge on any atom is 0.274 e. The number of sulfonamides is 1. The second kappa shape index (κ2) is 6.21. The normalized spacial score (nSPS) is 22.9. The molecule has 23 heavy (non-hydrogen) atoms. The van der Waals surface area contributed by atoms with Crippen LogP contribution in [0.25, 0.3) is 0 Å². The standard InChI is InChI=1S/C14H22N4O4S/c1-3-23(20,21)18-5-4-17-10-12(15-13(17)11(18)2)14(19)16-6-8-22-9-7-16/h10-11H,3-9H2,1-2H3. The Hall–Kier alpha value is -1.45. The van der Waals surface area contributed by atoms with Crippen LogP contribution in [0.2, 0.25) is 0 Å². The summed E-state index contributed by atoms with van der Waals surface area (Å²) in [5.74, 6) is 0.578. The van der Waals surface area contributed by atoms with Gasteiger partial charge in [0, 0.05) is 32.4 Å². The molecule has 128 valence electrons. The maximum atomic E-state index is 12.5. The summed E-state index contributed by atoms with van der Waals surface area (Å²) in [5.41, 5.74) is 0.379. The molecule has 2 aliphatic heterocycles. The number of fused-ring (bicyclic) bond motifs is 1. The average molecular weight is 342 g/mol. The van der Waals surface area contributed by atoms with Gasteiger partial charge in [-0.25, -0.2) is 13.4 Å². The van der Waals surface area contributed by atoms with Gasteiger partial charge in [-0.15, -0.1) is 0 Å². The Morgan fingerprint density at radius 3 is 2.65 bits per heavy atom. The van der Waals surface area contributed by atoms with Gasteiger partial charge in [0.05, 0.1) is 25.0 Å². The predicted octanol–water partition coefficient (Wildman–Crippen LogP) is 0.0818. The van der Waals surface area contributed by atoms with Gasteiger partial charge in [-0.3, -0.25) is 4.79 Å². The largest absolute Gasteiger partial charge is 0.378 e. The molecular weight excluding hydrogens is 320 g/mol. The van der Waals surface area contributed by atoms with Crippen LogP contribution in [0, 0.1) is 0 Å². The fourth-order valence-corrected chi connectivity index (χ4v) is 4.32. The van der Waals surface area contributed by atoms with Gasteiger partial charge in [0.15, 0.2) is 0 Å². The summed E-state index contributed by atoms with van der Waals surface area (Å²) in [6.07, 6.45) is 1.74. The second-order valence-corrected chi connectivity index (χ2v) is 7.98. The lowest BCUT2D eigenvalue weighted by Gasteiger charge is -2.32. The van der Waals surface area contributed by atoms with Crippen LogP contribution in [-0.2, 0) is 21.3 Å². The van der Waals surface area contributed by atoms with Gasteiger partial charge >= 0.3 is 0 Å². The lowest BCUT2D eigenvalue weighted by atomic mass is 10.2. The van der Waals surface area contributed by atoms with Crippen molar-refractivity contribution >= 4 is 15.9 Å². The smallest absolute Gasteiger partial charge is 0.274 e. The highest BCUT2D eigenvalue weighted by Gasteiger charge is 2.34. The molecule has 1 unspecified atom stereocenters. The molecule has 9 heteroatoms. The van der Waals surface area contributed by atoms with E-state index in [4.69, 9.17) is 4.74 Å². The van der Waals surface area contributed by atoms with Crippen LogP contribution in [0.3, 0.4) is 0 Å². The minimum atomic E-state index is -3.28. The molecule has 1 aromatic rings. The van der Waals surface area contributed by atoms with Crippen molar-refractivity contribution in [2.45, 2.75) is 26.4 Å². The predicted molar refractivity (Wildman–Crippen MR) is 83.5 cm³/mol. The molecule has 1 atom stereocenters. The number of rotatable bonds is 3. The third kappa shape index (κ3) is 3.00. The first-order chi connectivity index (χ1) is 10.9. The van der Waals surface area contributed by atoms with Gasteiger partial charge in [0.25, 0.3) is 5.91 Å². The molecule has 0 bridgehead atoms. The zero-order valence-electron chi connectivity index (χ0n) is 13.4. The molecule has 1 amide bonds. The molecule has 1 aromatic heterocycles. The molecule has 0 aromatic carbocycles. The minimum absolute atomic E-state index is 0.0671. The Labute approximate surface area is 136 Å². The first kappa shape index (κ1) is 16.4. The van der Waals surface area contributed by atoms with E-state index in [-0.39, 0.29) is 17.7 Å². The number of morpholine rings is 1. The summed E-state index contributed by atoms with van der Waals surface area (Å²) in [5, 5.41) is 0. The van der Waals surface area contributed by atoms with Gasteiger partial charge in [-0.2, -0.15) is 4.31 Å². The summed E-state index contributed by atoms with van der Waals surface area (Å²) in [7, 11) is -3.28. The van der Waals surface area contributed by atoms with Crippen LogP contribution in [0.4, 0.5) is 0 Å². The van der Waals surface area contributed by atoms with Crippen molar-refractivity contribution in [2.24, 2.45) is 0 Å². The molecule has 2 aliphatic rings. The minimum Gasteiger partial charge on any atom is -0.378 e. The fraction of sp³-hybridized carbons (Fsp3) is 0.714. The van der Waals surface area contributed by atoms with Gasteiger partial charge < -0.3 is 14.2 Å². The van der Waals surface area contributed by atoms with Crippen LogP contribution >= 0.6 is 0 Å². The molecule has 1 fully saturated rings. The van der Waals surface area contributed by atoms with E-state index >= 15 is 0 Å². The van der Waals surface area contributed by atoms with E-state index < -0.39 is 10.0 Å². The summed E-state index contributed by atoms with van der Waals surface area (Å²) >= 11 is 0. The molecule has 0 N–H and O–H groups in total. The first-order valence-electron chi connectivity index (χ1n) is 7.87. The molecule has 0 aliphatic carbocycles. The van der Waals surface area contributed by atoms with Crippen molar-refractivity contribution in [1.82, 2.24) is 18.8 Å². The van der Waals surface area contributed by atoms with E-state index in [1.807, 2.05) is 11.5 Å². The quantitative estimate of drug-likeness (QED) is 0.777. The number of carbonyl (C=O) groups excluding carboxylic acids is 1. The first-order valence-corrected chi connectivity index (χ1v) is 9.48. The highest BCUT2D eigenvalue weighted by atomic mass is 32.2. The highest BCUT2D eigenvalue weighted by molar-refractivity contribution is 7.89. The summed E-state index contributed by atoms with van der Waals surface area (Å²) in [4.78, 5) is 18.7. The van der Waals surface area contributed by atoms with Crippen molar-refractivity contribution in [3.8, 4) is 0 Å². The van der Waals surface area contributed by atoms with E-state index in [1.165, 1.54) is 4.31 Å². The SMILES string of the molecule is CCS(=O)(=O)N1CCn2cc(C(=O)N3CCOCC3)nc2C1C. The number of hydrogen-bond donors (Lipinski definition) is 0. The van der Waals surface area contributed by atoms with Gasteiger partial charge in [0.2, 0.25) is 10.0 Å². The number of nitrogens with zero attached hydrogens (tertiary/aromatic N) is 4. The second-order valence-electron chi connectivity index (χ2n) is 5.77. The van der Waals surface area contributed by atoms with Crippen molar-refractivity contribution in [2.75, 3.05) is 38.6 Å². The number of amides is 1. The number of aromatic nitrogens is 2. The van der Waals surface area contributed by atoms with Crippen molar-refractivity contribution < 1.29 is 17.9 Å². The van der Waals surface area contributed by atoms with Crippen LogP contribution < -0.4 is 0 Å². The van der Waals surface area contributed by atoms with Crippen molar-refractivity contribution in [3.05, 3.63) is 17.7 Å². The van der Waals surface area contributed by atoms with E-state index in [2.05, 4.69) is 4.98 Å². The lowest BCUT2D eigenvalue weighted by molar-refractivity contribution is 0.0299. The number of imidazole rings is 1. The molecule has 3 heterocycles. The van der Waals surface area contributed by atoms with Crippen LogP contribution in [0.1, 0.15) is 36.2 Å². The molecular formula is C14H22N4O4S. The van der Waals surface area contributed by atoms with Gasteiger partial charge in [-0.1, -0.05) is 0 Å². The van der Waals surface area contributed by atoms with E-state index in [0.29, 0.717) is 50.9 Å². The van der Waals surface area contributed by atoms with E-state index in [0.717, 1.165) is 0 Å². The van der Waals surface area contributed by atoms with Crippen LogP contribution in [0.15, 0.2) is 6.20 Å². The molecule has 0 radical (unpaired) electrons. The van der Waals surface area contributed by atoms with Crippen molar-refractivity contribution in [3.63, 3.8) is 0 Å². The zero-order valence-corrected chi connectivity index (χ0v) is 14.3. The third-order valence-corrected chi connectivity index (χ3v) is 6.36. The van der Waals surface area contributed by atoms with Crippen LogP contribution in [0.5, 0.6) is 0 Å². The average Bonchev–Trinajstić information content (AvgIpc) is 3.00. The molecule has 0 saturated carbocycles. The Bertz CT molecular complexity index is 694. The summed E-state index contributed by atoms with van der Waals surface area (Å²) < 4.78 is 32.9. The molecule has 3 rings (SSSR count). The van der Waals surface area contributed by atoms with E-state index in [9.17, 15) is 13.2 Å².